The zero-order chi connectivity index (χ0) is 11.0. The highest BCUT2D eigenvalue weighted by atomic mass is 14.4. The Kier molecular flexibility index (Phi) is 3.04. The monoisotopic (exact) mass is 204 g/mol. The van der Waals surface area contributed by atoms with Crippen molar-refractivity contribution in [3.63, 3.8) is 0 Å². The number of hydrogen-bond donors (Lipinski definition) is 0. The Morgan fingerprint density at radius 3 is 2.53 bits per heavy atom. The number of hydrogen-bond acceptors (Lipinski definition) is 0. The van der Waals surface area contributed by atoms with Crippen LogP contribution in [0.4, 0.5) is 0 Å². The van der Waals surface area contributed by atoms with Crippen LogP contribution in [-0.2, 0) is 0 Å². The van der Waals surface area contributed by atoms with Crippen molar-refractivity contribution in [2.75, 3.05) is 0 Å². The summed E-state index contributed by atoms with van der Waals surface area (Å²) in [5.74, 6) is 3.26. The smallest absolute Gasteiger partial charge is 0.0137 e. The Labute approximate surface area is 94.5 Å². The fourth-order valence-electron chi connectivity index (χ4n) is 3.21. The summed E-state index contributed by atoms with van der Waals surface area (Å²) in [4.78, 5) is 0. The normalized spacial score (nSPS) is 35.9. The lowest BCUT2D eigenvalue weighted by molar-refractivity contribution is 0.426. The molecule has 3 atom stereocenters. The summed E-state index contributed by atoms with van der Waals surface area (Å²) >= 11 is 0. The van der Waals surface area contributed by atoms with Gasteiger partial charge < -0.3 is 0 Å². The Hall–Kier alpha value is -0.520. The molecular weight excluding hydrogens is 180 g/mol. The lowest BCUT2D eigenvalue weighted by Crippen LogP contribution is -2.10. The first-order valence-electron chi connectivity index (χ1n) is 6.48. The van der Waals surface area contributed by atoms with Crippen LogP contribution in [0.15, 0.2) is 23.3 Å². The standard InChI is InChI=1S/C15H24/c1-10(2)13-6-8-14-11(3)5-7-15(14)12(4)9-13/h6-7,10-12,14H,5,8-9H2,1-4H3. The van der Waals surface area contributed by atoms with Crippen LogP contribution in [0.5, 0.6) is 0 Å². The van der Waals surface area contributed by atoms with Crippen molar-refractivity contribution in [2.45, 2.75) is 47.0 Å². The lowest BCUT2D eigenvalue weighted by Gasteiger charge is -2.20. The fraction of sp³-hybridized carbons (Fsp3) is 0.733. The molecule has 0 aliphatic heterocycles. The summed E-state index contributed by atoms with van der Waals surface area (Å²) in [6.45, 7) is 9.49. The summed E-state index contributed by atoms with van der Waals surface area (Å²) in [5.41, 5.74) is 3.44. The number of allylic oxidation sites excluding steroid dienone is 4. The Morgan fingerprint density at radius 2 is 1.87 bits per heavy atom. The van der Waals surface area contributed by atoms with Gasteiger partial charge in [0.25, 0.3) is 0 Å². The third-order valence-corrected chi connectivity index (χ3v) is 4.33. The molecule has 2 rings (SSSR count). The van der Waals surface area contributed by atoms with Crippen molar-refractivity contribution in [1.82, 2.24) is 0 Å². The molecule has 3 unspecified atom stereocenters. The molecule has 0 spiro atoms. The molecule has 0 aromatic rings. The van der Waals surface area contributed by atoms with Crippen molar-refractivity contribution >= 4 is 0 Å². The number of rotatable bonds is 1. The van der Waals surface area contributed by atoms with Gasteiger partial charge in [-0.15, -0.1) is 0 Å². The molecule has 0 N–H and O–H groups in total. The van der Waals surface area contributed by atoms with Crippen molar-refractivity contribution < 1.29 is 0 Å². The first-order chi connectivity index (χ1) is 7.09. The van der Waals surface area contributed by atoms with Gasteiger partial charge in [-0.2, -0.15) is 0 Å². The van der Waals surface area contributed by atoms with Crippen LogP contribution in [0.3, 0.4) is 0 Å². The first kappa shape index (κ1) is 11.0. The zero-order valence-electron chi connectivity index (χ0n) is 10.6. The minimum Gasteiger partial charge on any atom is -0.0845 e. The number of fused-ring (bicyclic) bond motifs is 1. The van der Waals surface area contributed by atoms with Crippen molar-refractivity contribution in [1.29, 1.82) is 0 Å². The molecule has 2 aliphatic rings. The highest BCUT2D eigenvalue weighted by Crippen LogP contribution is 2.43. The maximum Gasteiger partial charge on any atom is -0.0137 e. The van der Waals surface area contributed by atoms with Gasteiger partial charge in [-0.1, -0.05) is 51.0 Å². The fourth-order valence-corrected chi connectivity index (χ4v) is 3.21. The van der Waals surface area contributed by atoms with Crippen molar-refractivity contribution in [2.24, 2.45) is 23.7 Å². The average molecular weight is 204 g/mol. The van der Waals surface area contributed by atoms with Gasteiger partial charge in [-0.25, -0.2) is 0 Å². The van der Waals surface area contributed by atoms with E-state index in [1.165, 1.54) is 19.3 Å². The lowest BCUT2D eigenvalue weighted by atomic mass is 9.84. The van der Waals surface area contributed by atoms with Gasteiger partial charge in [-0.05, 0) is 42.9 Å². The molecule has 0 nitrogen and oxygen atoms in total. The Bertz CT molecular complexity index is 293. The summed E-state index contributed by atoms with van der Waals surface area (Å²) in [5, 5.41) is 0. The summed E-state index contributed by atoms with van der Waals surface area (Å²) in [7, 11) is 0. The SMILES string of the molecule is CC(C)C1=CCC2C(=CCC2C)C(C)C1. The van der Waals surface area contributed by atoms with E-state index in [1.54, 1.807) is 11.1 Å². The largest absolute Gasteiger partial charge is 0.0845 e. The Morgan fingerprint density at radius 1 is 1.13 bits per heavy atom. The van der Waals surface area contributed by atoms with Crippen molar-refractivity contribution in [3.05, 3.63) is 23.3 Å². The third kappa shape index (κ3) is 2.04. The van der Waals surface area contributed by atoms with Crippen LogP contribution in [0.25, 0.3) is 0 Å². The highest BCUT2D eigenvalue weighted by molar-refractivity contribution is 5.25. The van der Waals surface area contributed by atoms with Gasteiger partial charge in [0, 0.05) is 0 Å². The first-order valence-corrected chi connectivity index (χ1v) is 6.48. The summed E-state index contributed by atoms with van der Waals surface area (Å²) < 4.78 is 0. The molecule has 0 saturated carbocycles. The van der Waals surface area contributed by atoms with Gasteiger partial charge in [0.05, 0.1) is 0 Å². The van der Waals surface area contributed by atoms with Gasteiger partial charge in [0.1, 0.15) is 0 Å². The molecule has 0 saturated heterocycles. The molecule has 0 radical (unpaired) electrons. The van der Waals surface area contributed by atoms with Gasteiger partial charge in [-0.3, -0.25) is 0 Å². The van der Waals surface area contributed by atoms with E-state index in [-0.39, 0.29) is 0 Å². The second-order valence-corrected chi connectivity index (χ2v) is 5.80. The summed E-state index contributed by atoms with van der Waals surface area (Å²) in [6.07, 6.45) is 8.97. The van der Waals surface area contributed by atoms with E-state index in [9.17, 15) is 0 Å². The van der Waals surface area contributed by atoms with E-state index in [1.807, 2.05) is 0 Å². The molecule has 0 heteroatoms. The molecule has 0 aromatic heterocycles. The molecule has 84 valence electrons. The van der Waals surface area contributed by atoms with Crippen LogP contribution in [0, 0.1) is 23.7 Å². The van der Waals surface area contributed by atoms with Crippen LogP contribution in [0.2, 0.25) is 0 Å². The van der Waals surface area contributed by atoms with E-state index in [0.717, 1.165) is 23.7 Å². The van der Waals surface area contributed by atoms with Crippen LogP contribution in [0.1, 0.15) is 47.0 Å². The Balaban J connectivity index is 2.20. The third-order valence-electron chi connectivity index (χ3n) is 4.33. The van der Waals surface area contributed by atoms with Gasteiger partial charge in [0.2, 0.25) is 0 Å². The van der Waals surface area contributed by atoms with Crippen LogP contribution < -0.4 is 0 Å². The van der Waals surface area contributed by atoms with Gasteiger partial charge in [0.15, 0.2) is 0 Å². The second kappa shape index (κ2) is 4.15. The second-order valence-electron chi connectivity index (χ2n) is 5.80. The molecule has 15 heavy (non-hydrogen) atoms. The summed E-state index contributed by atoms with van der Waals surface area (Å²) in [6, 6.07) is 0. The minimum atomic E-state index is 0.738. The predicted octanol–water partition coefficient (Wildman–Crippen LogP) is 4.58. The maximum absolute atomic E-state index is 2.54. The minimum absolute atomic E-state index is 0.738. The molecule has 0 amide bonds. The van der Waals surface area contributed by atoms with Crippen molar-refractivity contribution in [3.8, 4) is 0 Å². The zero-order valence-corrected chi connectivity index (χ0v) is 10.6. The molecule has 0 fully saturated rings. The molecule has 0 aromatic carbocycles. The van der Waals surface area contributed by atoms with E-state index < -0.39 is 0 Å². The van der Waals surface area contributed by atoms with Crippen LogP contribution >= 0.6 is 0 Å². The molecular formula is C15H24. The van der Waals surface area contributed by atoms with E-state index in [2.05, 4.69) is 39.8 Å². The maximum atomic E-state index is 2.54. The topological polar surface area (TPSA) is 0 Å². The predicted molar refractivity (Wildman–Crippen MR) is 66.7 cm³/mol. The quantitative estimate of drug-likeness (QED) is 0.548. The average Bonchev–Trinajstić information content (AvgIpc) is 2.44. The molecule has 2 aliphatic carbocycles. The van der Waals surface area contributed by atoms with E-state index in [0.29, 0.717) is 0 Å². The van der Waals surface area contributed by atoms with Crippen LogP contribution in [-0.4, -0.2) is 0 Å². The van der Waals surface area contributed by atoms with E-state index >= 15 is 0 Å². The van der Waals surface area contributed by atoms with E-state index in [4.69, 9.17) is 0 Å². The highest BCUT2D eigenvalue weighted by Gasteiger charge is 2.31. The molecule has 0 bridgehead atoms. The molecule has 0 heterocycles. The van der Waals surface area contributed by atoms with Gasteiger partial charge >= 0.3 is 0 Å².